The summed E-state index contributed by atoms with van der Waals surface area (Å²) >= 11 is 1.37. The quantitative estimate of drug-likeness (QED) is 0.258. The zero-order valence-electron chi connectivity index (χ0n) is 17.6. The SMILES string of the molecule is Cc1cc(C)c2nc(N3C(=O)C(=O)C(=C(O)c4ccccc4)C3c3ccccc3)sc2c1. The number of carbonyl (C=O) groups is 2. The van der Waals surface area contributed by atoms with Crippen LogP contribution in [0.3, 0.4) is 0 Å². The molecule has 0 bridgehead atoms. The summed E-state index contributed by atoms with van der Waals surface area (Å²) in [6.07, 6.45) is 0. The number of aliphatic hydroxyl groups excluding tert-OH is 1. The number of Topliss-reactive ketones (excluding diaryl/α,β-unsaturated/α-hetero) is 1. The van der Waals surface area contributed by atoms with Crippen molar-refractivity contribution in [1.29, 1.82) is 0 Å². The normalized spacial score (nSPS) is 17.9. The van der Waals surface area contributed by atoms with Gasteiger partial charge in [0.2, 0.25) is 0 Å². The number of fused-ring (bicyclic) bond motifs is 1. The molecular weight excluding hydrogens is 420 g/mol. The van der Waals surface area contributed by atoms with Crippen LogP contribution in [-0.2, 0) is 9.59 Å². The Morgan fingerprint density at radius 1 is 0.969 bits per heavy atom. The molecule has 1 aliphatic heterocycles. The highest BCUT2D eigenvalue weighted by Gasteiger charge is 2.48. The summed E-state index contributed by atoms with van der Waals surface area (Å²) in [7, 11) is 0. The second kappa shape index (κ2) is 7.73. The fourth-order valence-corrected chi connectivity index (χ4v) is 5.36. The number of ketones is 1. The summed E-state index contributed by atoms with van der Waals surface area (Å²) in [6, 6.07) is 21.4. The minimum Gasteiger partial charge on any atom is -0.507 e. The number of nitrogens with zero attached hydrogens (tertiary/aromatic N) is 2. The van der Waals surface area contributed by atoms with Crippen LogP contribution in [0.15, 0.2) is 78.4 Å². The van der Waals surface area contributed by atoms with E-state index < -0.39 is 17.7 Å². The average Bonchev–Trinajstić information content (AvgIpc) is 3.33. The van der Waals surface area contributed by atoms with Gasteiger partial charge in [-0.1, -0.05) is 78.1 Å². The van der Waals surface area contributed by atoms with E-state index in [0.29, 0.717) is 10.7 Å². The van der Waals surface area contributed by atoms with E-state index in [4.69, 9.17) is 4.98 Å². The first-order valence-electron chi connectivity index (χ1n) is 10.2. The standard InChI is InChI=1S/C26H20N2O3S/c1-15-13-16(2)21-19(14-15)32-26(27-21)28-22(17-9-5-3-6-10-17)20(24(30)25(28)31)23(29)18-11-7-4-8-12-18/h3-14,22,29H,1-2H3. The van der Waals surface area contributed by atoms with Gasteiger partial charge in [-0.3, -0.25) is 14.5 Å². The van der Waals surface area contributed by atoms with Crippen molar-refractivity contribution in [1.82, 2.24) is 4.98 Å². The predicted molar refractivity (Wildman–Crippen MR) is 127 cm³/mol. The smallest absolute Gasteiger partial charge is 0.301 e. The molecule has 1 aromatic heterocycles. The number of amides is 1. The molecule has 1 saturated heterocycles. The maximum Gasteiger partial charge on any atom is 0.301 e. The molecule has 0 saturated carbocycles. The summed E-state index contributed by atoms with van der Waals surface area (Å²) in [4.78, 5) is 32.6. The molecule has 1 N–H and O–H groups in total. The second-order valence-corrected chi connectivity index (χ2v) is 8.88. The highest BCUT2D eigenvalue weighted by Crippen LogP contribution is 2.44. The monoisotopic (exact) mass is 440 g/mol. The van der Waals surface area contributed by atoms with Gasteiger partial charge in [-0.05, 0) is 36.6 Å². The van der Waals surface area contributed by atoms with Gasteiger partial charge >= 0.3 is 5.91 Å². The molecule has 0 spiro atoms. The lowest BCUT2D eigenvalue weighted by molar-refractivity contribution is -0.132. The van der Waals surface area contributed by atoms with E-state index in [1.807, 2.05) is 62.4 Å². The van der Waals surface area contributed by atoms with Crippen LogP contribution in [0, 0.1) is 13.8 Å². The Morgan fingerprint density at radius 3 is 2.31 bits per heavy atom. The molecule has 2 heterocycles. The Morgan fingerprint density at radius 2 is 1.62 bits per heavy atom. The summed E-state index contributed by atoms with van der Waals surface area (Å²) < 4.78 is 0.953. The predicted octanol–water partition coefficient (Wildman–Crippen LogP) is 5.54. The number of aromatic nitrogens is 1. The maximum absolute atomic E-state index is 13.3. The van der Waals surface area contributed by atoms with Gasteiger partial charge in [0.1, 0.15) is 5.76 Å². The third-order valence-electron chi connectivity index (χ3n) is 5.63. The highest BCUT2D eigenvalue weighted by molar-refractivity contribution is 7.22. The van der Waals surface area contributed by atoms with Crippen molar-refractivity contribution >= 4 is 44.1 Å². The lowest BCUT2D eigenvalue weighted by Crippen LogP contribution is -2.29. The van der Waals surface area contributed by atoms with Gasteiger partial charge in [0.05, 0.1) is 21.8 Å². The molecule has 5 nitrogen and oxygen atoms in total. The maximum atomic E-state index is 13.3. The first-order valence-corrected chi connectivity index (χ1v) is 11.1. The van der Waals surface area contributed by atoms with Crippen LogP contribution in [0.25, 0.3) is 16.0 Å². The molecule has 158 valence electrons. The molecule has 0 radical (unpaired) electrons. The zero-order chi connectivity index (χ0) is 22.4. The molecule has 4 aromatic rings. The van der Waals surface area contributed by atoms with Crippen molar-refractivity contribution < 1.29 is 14.7 Å². The topological polar surface area (TPSA) is 70.5 Å². The van der Waals surface area contributed by atoms with Crippen LogP contribution >= 0.6 is 11.3 Å². The number of anilines is 1. The second-order valence-electron chi connectivity index (χ2n) is 7.87. The van der Waals surface area contributed by atoms with Gasteiger partial charge in [-0.25, -0.2) is 4.98 Å². The summed E-state index contributed by atoms with van der Waals surface area (Å²) in [6.45, 7) is 4.00. The molecule has 32 heavy (non-hydrogen) atoms. The third kappa shape index (κ3) is 3.20. The van der Waals surface area contributed by atoms with Crippen LogP contribution < -0.4 is 4.90 Å². The number of rotatable bonds is 3. The van der Waals surface area contributed by atoms with Gasteiger partial charge in [-0.15, -0.1) is 0 Å². The Kier molecular flexibility index (Phi) is 4.87. The molecule has 3 aromatic carbocycles. The van der Waals surface area contributed by atoms with Crippen LogP contribution in [0.1, 0.15) is 28.3 Å². The molecule has 1 amide bonds. The summed E-state index contributed by atoms with van der Waals surface area (Å²) in [5.41, 5.74) is 4.22. The number of hydrogen-bond acceptors (Lipinski definition) is 5. The van der Waals surface area contributed by atoms with E-state index in [9.17, 15) is 14.7 Å². The van der Waals surface area contributed by atoms with Gasteiger partial charge in [-0.2, -0.15) is 0 Å². The third-order valence-corrected chi connectivity index (χ3v) is 6.63. The first kappa shape index (κ1) is 20.2. The number of aryl methyl sites for hydroxylation is 2. The fourth-order valence-electron chi connectivity index (χ4n) is 4.19. The Balaban J connectivity index is 1.74. The van der Waals surface area contributed by atoms with Crippen molar-refractivity contribution in [2.24, 2.45) is 0 Å². The van der Waals surface area contributed by atoms with Crippen molar-refractivity contribution in [3.05, 3.63) is 101 Å². The molecule has 1 aliphatic rings. The first-order chi connectivity index (χ1) is 15.5. The molecule has 5 rings (SSSR count). The zero-order valence-corrected chi connectivity index (χ0v) is 18.4. The number of carbonyl (C=O) groups excluding carboxylic acids is 2. The average molecular weight is 441 g/mol. The lowest BCUT2D eigenvalue weighted by atomic mass is 9.95. The number of benzene rings is 3. The highest BCUT2D eigenvalue weighted by atomic mass is 32.1. The van der Waals surface area contributed by atoms with Crippen LogP contribution in [0.5, 0.6) is 0 Å². The van der Waals surface area contributed by atoms with E-state index >= 15 is 0 Å². The molecule has 1 fully saturated rings. The van der Waals surface area contributed by atoms with E-state index in [0.717, 1.165) is 26.9 Å². The summed E-state index contributed by atoms with van der Waals surface area (Å²) in [5.74, 6) is -1.59. The number of aliphatic hydroxyl groups is 1. The fraction of sp³-hybridized carbons (Fsp3) is 0.115. The van der Waals surface area contributed by atoms with Crippen LogP contribution in [0.2, 0.25) is 0 Å². The Bertz CT molecular complexity index is 1390. The molecule has 1 unspecified atom stereocenters. The molecule has 0 aliphatic carbocycles. The van der Waals surface area contributed by atoms with Gasteiger partial charge in [0, 0.05) is 5.56 Å². The van der Waals surface area contributed by atoms with E-state index in [1.54, 1.807) is 24.3 Å². The van der Waals surface area contributed by atoms with Crippen molar-refractivity contribution in [2.45, 2.75) is 19.9 Å². The summed E-state index contributed by atoms with van der Waals surface area (Å²) in [5, 5.41) is 11.5. The lowest BCUT2D eigenvalue weighted by Gasteiger charge is -2.22. The molecule has 6 heteroatoms. The van der Waals surface area contributed by atoms with Gasteiger partial charge < -0.3 is 5.11 Å². The Labute approximate surface area is 189 Å². The van der Waals surface area contributed by atoms with E-state index in [-0.39, 0.29) is 11.3 Å². The van der Waals surface area contributed by atoms with Crippen LogP contribution in [0.4, 0.5) is 5.13 Å². The Hall–Kier alpha value is -3.77. The minimum absolute atomic E-state index is 0.0690. The van der Waals surface area contributed by atoms with Crippen molar-refractivity contribution in [3.8, 4) is 0 Å². The minimum atomic E-state index is -0.765. The largest absolute Gasteiger partial charge is 0.507 e. The van der Waals surface area contributed by atoms with Gasteiger partial charge in [0.15, 0.2) is 5.13 Å². The van der Waals surface area contributed by atoms with Gasteiger partial charge in [0.25, 0.3) is 5.78 Å². The van der Waals surface area contributed by atoms with Crippen molar-refractivity contribution in [3.63, 3.8) is 0 Å². The van der Waals surface area contributed by atoms with E-state index in [1.165, 1.54) is 16.2 Å². The molecular formula is C26H20N2O3S. The molecule has 1 atom stereocenters. The van der Waals surface area contributed by atoms with E-state index in [2.05, 4.69) is 0 Å². The van der Waals surface area contributed by atoms with Crippen LogP contribution in [-0.4, -0.2) is 21.8 Å². The number of hydrogen-bond donors (Lipinski definition) is 1. The number of thiazole rings is 1. The van der Waals surface area contributed by atoms with Crippen molar-refractivity contribution in [2.75, 3.05) is 4.90 Å².